The Morgan fingerprint density at radius 3 is 2.42 bits per heavy atom. The summed E-state index contributed by atoms with van der Waals surface area (Å²) < 4.78 is 52.8. The van der Waals surface area contributed by atoms with Crippen LogP contribution in [0.2, 0.25) is 5.02 Å². The second-order valence-corrected chi connectivity index (χ2v) is 10.8. The largest absolute Gasteiger partial charge is 0.390 e. The summed E-state index contributed by atoms with van der Waals surface area (Å²) in [6, 6.07) is 9.23. The van der Waals surface area contributed by atoms with Gasteiger partial charge in [0.2, 0.25) is 5.91 Å². The van der Waals surface area contributed by atoms with Crippen molar-refractivity contribution in [3.63, 3.8) is 0 Å². The first kappa shape index (κ1) is 30.1. The lowest BCUT2D eigenvalue weighted by molar-refractivity contribution is -0.138. The standard InChI is InChI=1S/C28H34ClF4N5O2/c29-19-6-8-24(25(16-19)38-13-11-37(12-14-38)10-9-28(31,32)33)36-27(40)20-7-5-18(15-22(20)30)17-35-23-4-2-1-3-21(23)26(34)39/h5-8,15-16,21,23,35H,1-4,9-14,17H2,(H2,34,39)(H,36,40)/t21-,23+/m1/s1. The molecule has 1 aliphatic carbocycles. The molecule has 1 saturated carbocycles. The van der Waals surface area contributed by atoms with Gasteiger partial charge in [0, 0.05) is 50.3 Å². The van der Waals surface area contributed by atoms with Crippen LogP contribution >= 0.6 is 11.6 Å². The highest BCUT2D eigenvalue weighted by Crippen LogP contribution is 2.31. The van der Waals surface area contributed by atoms with E-state index in [1.54, 1.807) is 29.2 Å². The van der Waals surface area contributed by atoms with Crippen molar-refractivity contribution in [2.45, 2.75) is 50.9 Å². The Morgan fingerprint density at radius 1 is 1.02 bits per heavy atom. The van der Waals surface area contributed by atoms with Crippen molar-refractivity contribution in [3.05, 3.63) is 58.4 Å². The van der Waals surface area contributed by atoms with Crippen molar-refractivity contribution in [2.24, 2.45) is 11.7 Å². The average Bonchev–Trinajstić information content (AvgIpc) is 2.91. The van der Waals surface area contributed by atoms with Crippen molar-refractivity contribution in [2.75, 3.05) is 42.9 Å². The van der Waals surface area contributed by atoms with Gasteiger partial charge in [-0.15, -0.1) is 0 Å². The molecule has 0 bridgehead atoms. The number of anilines is 2. The average molecular weight is 584 g/mol. The lowest BCUT2D eigenvalue weighted by Gasteiger charge is -2.37. The van der Waals surface area contributed by atoms with Crippen LogP contribution in [0.15, 0.2) is 36.4 Å². The van der Waals surface area contributed by atoms with Crippen LogP contribution in [0.5, 0.6) is 0 Å². The lowest BCUT2D eigenvalue weighted by Crippen LogP contribution is -2.47. The predicted molar refractivity (Wildman–Crippen MR) is 147 cm³/mol. The Kier molecular flexibility index (Phi) is 9.91. The highest BCUT2D eigenvalue weighted by Gasteiger charge is 2.30. The van der Waals surface area contributed by atoms with Gasteiger partial charge in [0.15, 0.2) is 0 Å². The molecular formula is C28H34ClF4N5O2. The Morgan fingerprint density at radius 2 is 1.75 bits per heavy atom. The molecule has 1 aliphatic heterocycles. The Balaban J connectivity index is 1.38. The maximum Gasteiger partial charge on any atom is 0.390 e. The highest BCUT2D eigenvalue weighted by atomic mass is 35.5. The maximum absolute atomic E-state index is 15.0. The Labute approximate surface area is 236 Å². The molecule has 0 unspecified atom stereocenters. The number of carbonyl (C=O) groups is 2. The van der Waals surface area contributed by atoms with Gasteiger partial charge in [-0.25, -0.2) is 4.39 Å². The third kappa shape index (κ3) is 8.08. The summed E-state index contributed by atoms with van der Waals surface area (Å²) in [6.07, 6.45) is -1.55. The molecule has 7 nitrogen and oxygen atoms in total. The van der Waals surface area contributed by atoms with E-state index >= 15 is 4.39 Å². The Hall–Kier alpha value is -2.89. The number of nitrogens with zero attached hydrogens (tertiary/aromatic N) is 2. The number of alkyl halides is 3. The van der Waals surface area contributed by atoms with Crippen molar-refractivity contribution in [1.82, 2.24) is 10.2 Å². The number of nitrogens with two attached hydrogens (primary N) is 1. The number of rotatable bonds is 9. The fourth-order valence-electron chi connectivity index (χ4n) is 5.38. The molecule has 0 aromatic heterocycles. The number of halogens is 5. The van der Waals surface area contributed by atoms with Crippen LogP contribution in [0.3, 0.4) is 0 Å². The summed E-state index contributed by atoms with van der Waals surface area (Å²) in [7, 11) is 0. The Bertz CT molecular complexity index is 1200. The third-order valence-electron chi connectivity index (χ3n) is 7.61. The topological polar surface area (TPSA) is 90.7 Å². The fraction of sp³-hybridized carbons (Fsp3) is 0.500. The molecule has 2 fully saturated rings. The van der Waals surface area contributed by atoms with Gasteiger partial charge in [-0.3, -0.25) is 14.5 Å². The van der Waals surface area contributed by atoms with Gasteiger partial charge in [0.05, 0.1) is 29.3 Å². The SMILES string of the molecule is NC(=O)[C@@H]1CCCC[C@@H]1NCc1ccc(C(=O)Nc2ccc(Cl)cc2N2CCN(CCC(F)(F)F)CC2)c(F)c1. The minimum atomic E-state index is -4.20. The highest BCUT2D eigenvalue weighted by molar-refractivity contribution is 6.31. The van der Waals surface area contributed by atoms with Gasteiger partial charge in [-0.05, 0) is 48.7 Å². The molecule has 2 aromatic carbocycles. The smallest absolute Gasteiger partial charge is 0.369 e. The number of hydrogen-bond acceptors (Lipinski definition) is 5. The number of amides is 2. The molecule has 1 heterocycles. The lowest BCUT2D eigenvalue weighted by atomic mass is 9.84. The van der Waals surface area contributed by atoms with Gasteiger partial charge in [-0.2, -0.15) is 13.2 Å². The van der Waals surface area contributed by atoms with Gasteiger partial charge in [0.1, 0.15) is 5.82 Å². The van der Waals surface area contributed by atoms with Gasteiger partial charge < -0.3 is 21.3 Å². The quantitative estimate of drug-likeness (QED) is 0.364. The number of hydrogen-bond donors (Lipinski definition) is 3. The number of benzene rings is 2. The minimum absolute atomic E-state index is 0.0619. The predicted octanol–water partition coefficient (Wildman–Crippen LogP) is 4.94. The molecule has 40 heavy (non-hydrogen) atoms. The first-order chi connectivity index (χ1) is 19.0. The molecule has 2 atom stereocenters. The van der Waals surface area contributed by atoms with Crippen LogP contribution in [0.1, 0.15) is 48.0 Å². The molecule has 2 aromatic rings. The molecule has 12 heteroatoms. The molecule has 1 saturated heterocycles. The van der Waals surface area contributed by atoms with Crippen LogP contribution in [-0.2, 0) is 11.3 Å². The van der Waals surface area contributed by atoms with Crippen molar-refractivity contribution in [1.29, 1.82) is 0 Å². The summed E-state index contributed by atoms with van der Waals surface area (Å²) in [5.74, 6) is -1.90. The number of primary amides is 1. The molecule has 2 amide bonds. The molecule has 0 spiro atoms. The van der Waals surface area contributed by atoms with Crippen LogP contribution in [0.25, 0.3) is 0 Å². The normalized spacial score (nSPS) is 20.4. The van der Waals surface area contributed by atoms with E-state index in [1.165, 1.54) is 12.1 Å². The van der Waals surface area contributed by atoms with E-state index in [0.29, 0.717) is 54.7 Å². The van der Waals surface area contributed by atoms with Crippen LogP contribution in [0.4, 0.5) is 28.9 Å². The second-order valence-electron chi connectivity index (χ2n) is 10.4. The number of piperazine rings is 1. The molecule has 2 aliphatic rings. The summed E-state index contributed by atoms with van der Waals surface area (Å²) >= 11 is 6.21. The fourth-order valence-corrected chi connectivity index (χ4v) is 5.54. The summed E-state index contributed by atoms with van der Waals surface area (Å²) in [4.78, 5) is 28.5. The number of nitrogens with one attached hydrogen (secondary N) is 2. The minimum Gasteiger partial charge on any atom is -0.369 e. The van der Waals surface area contributed by atoms with Crippen LogP contribution in [0, 0.1) is 11.7 Å². The summed E-state index contributed by atoms with van der Waals surface area (Å²) in [5, 5.41) is 6.51. The maximum atomic E-state index is 15.0. The van der Waals surface area contributed by atoms with E-state index in [0.717, 1.165) is 25.7 Å². The van der Waals surface area contributed by atoms with E-state index in [4.69, 9.17) is 17.3 Å². The summed E-state index contributed by atoms with van der Waals surface area (Å²) in [5.41, 5.74) is 7.09. The summed E-state index contributed by atoms with van der Waals surface area (Å²) in [6.45, 7) is 2.04. The first-order valence-electron chi connectivity index (χ1n) is 13.5. The molecule has 218 valence electrons. The van der Waals surface area contributed by atoms with E-state index in [2.05, 4.69) is 10.6 Å². The van der Waals surface area contributed by atoms with Crippen LogP contribution in [-0.4, -0.2) is 61.7 Å². The zero-order valence-electron chi connectivity index (χ0n) is 22.1. The molecule has 4 N–H and O–H groups in total. The van der Waals surface area contributed by atoms with Gasteiger partial charge in [0.25, 0.3) is 5.91 Å². The van der Waals surface area contributed by atoms with E-state index in [-0.39, 0.29) is 30.0 Å². The third-order valence-corrected chi connectivity index (χ3v) is 7.85. The van der Waals surface area contributed by atoms with E-state index in [1.807, 2.05) is 4.90 Å². The second kappa shape index (κ2) is 13.2. The number of carbonyl (C=O) groups excluding carboxylic acids is 2. The van der Waals surface area contributed by atoms with Crippen LogP contribution < -0.4 is 21.3 Å². The van der Waals surface area contributed by atoms with Crippen molar-refractivity contribution in [3.8, 4) is 0 Å². The zero-order valence-corrected chi connectivity index (χ0v) is 22.8. The first-order valence-corrected chi connectivity index (χ1v) is 13.8. The van der Waals surface area contributed by atoms with E-state index in [9.17, 15) is 22.8 Å². The molecule has 4 rings (SSSR count). The molecular weight excluding hydrogens is 550 g/mol. The van der Waals surface area contributed by atoms with Crippen molar-refractivity contribution < 1.29 is 27.2 Å². The van der Waals surface area contributed by atoms with Gasteiger partial charge >= 0.3 is 6.18 Å². The zero-order chi connectivity index (χ0) is 28.9. The monoisotopic (exact) mass is 583 g/mol. The van der Waals surface area contributed by atoms with Gasteiger partial charge in [-0.1, -0.05) is 30.5 Å². The van der Waals surface area contributed by atoms with E-state index < -0.39 is 24.3 Å². The van der Waals surface area contributed by atoms with Crippen molar-refractivity contribution >= 4 is 34.8 Å². The molecule has 0 radical (unpaired) electrons.